The molecule has 0 radical (unpaired) electrons. The molecule has 4 N–H and O–H groups in total. The lowest BCUT2D eigenvalue weighted by Gasteiger charge is -2.40. The average molecular weight is 420 g/mol. The number of hydrogen-bond donors (Lipinski definition) is 4. The first-order chi connectivity index (χ1) is 12.3. The summed E-state index contributed by atoms with van der Waals surface area (Å²) in [5, 5.41) is 41.2. The zero-order chi connectivity index (χ0) is 19.0. The van der Waals surface area contributed by atoms with Gasteiger partial charge in [-0.15, -0.1) is 11.3 Å². The van der Waals surface area contributed by atoms with Crippen molar-refractivity contribution in [3.8, 4) is 0 Å². The van der Waals surface area contributed by atoms with Crippen LogP contribution < -0.4 is 0 Å². The molecule has 0 aliphatic carbocycles. The summed E-state index contributed by atoms with van der Waals surface area (Å²) in [6.07, 6.45) is -4.04. The number of aryl methyl sites for hydroxylation is 1. The predicted molar refractivity (Wildman–Crippen MR) is 98.8 cm³/mol. The number of thiazole rings is 1. The van der Waals surface area contributed by atoms with E-state index in [9.17, 15) is 20.4 Å². The molecule has 9 heteroatoms. The van der Waals surface area contributed by atoms with Crippen molar-refractivity contribution in [3.05, 3.63) is 49.4 Å². The van der Waals surface area contributed by atoms with Gasteiger partial charge in [0.05, 0.1) is 11.6 Å². The lowest BCUT2D eigenvalue weighted by Crippen LogP contribution is -2.55. The van der Waals surface area contributed by atoms with Gasteiger partial charge >= 0.3 is 0 Å². The van der Waals surface area contributed by atoms with E-state index in [2.05, 4.69) is 4.98 Å². The molecule has 1 aliphatic heterocycles. The molecule has 0 saturated carbocycles. The van der Waals surface area contributed by atoms with Crippen LogP contribution in [0.25, 0.3) is 0 Å². The van der Waals surface area contributed by atoms with Crippen LogP contribution in [-0.2, 0) is 11.2 Å². The molecule has 1 saturated heterocycles. The Hall–Kier alpha value is -0.770. The van der Waals surface area contributed by atoms with E-state index in [1.54, 1.807) is 29.7 Å². The number of nitrogens with zero attached hydrogens (tertiary/aromatic N) is 1. The Bertz CT molecular complexity index is 785. The normalized spacial score (nSPS) is 29.1. The van der Waals surface area contributed by atoms with Crippen LogP contribution in [0, 0.1) is 6.92 Å². The monoisotopic (exact) mass is 419 g/mol. The molecule has 0 unspecified atom stereocenters. The molecular formula is C17H19Cl2NO5S. The lowest BCUT2D eigenvalue weighted by molar-refractivity contribution is -0.231. The Morgan fingerprint density at radius 3 is 2.46 bits per heavy atom. The molecule has 0 amide bonds. The summed E-state index contributed by atoms with van der Waals surface area (Å²) in [5.41, 5.74) is 1.17. The van der Waals surface area contributed by atoms with Gasteiger partial charge in [0.1, 0.15) is 30.5 Å². The first kappa shape index (κ1) is 20.0. The highest BCUT2D eigenvalue weighted by Crippen LogP contribution is 2.38. The van der Waals surface area contributed by atoms with Gasteiger partial charge in [0.25, 0.3) is 0 Å². The molecule has 1 fully saturated rings. The largest absolute Gasteiger partial charge is 0.394 e. The van der Waals surface area contributed by atoms with Crippen LogP contribution in [0.5, 0.6) is 0 Å². The van der Waals surface area contributed by atoms with Crippen molar-refractivity contribution in [2.45, 2.75) is 43.9 Å². The fourth-order valence-electron chi connectivity index (χ4n) is 2.97. The number of aliphatic hydroxyl groups is 4. The average Bonchev–Trinajstić information content (AvgIpc) is 3.01. The standard InChI is InChI=1S/C17H19Cl2NO5S/c1-7-5-20-13(26-7)3-8-2-9(11(19)4-10(8)18)17-16(24)15(23)14(22)12(6-21)25-17/h2,4-5,12,14-17,21-24H,3,6H2,1H3/t12-,14-,15+,16-,17+/m1/s1. The van der Waals surface area contributed by atoms with Crippen LogP contribution in [0.15, 0.2) is 18.3 Å². The first-order valence-electron chi connectivity index (χ1n) is 8.01. The maximum absolute atomic E-state index is 10.3. The van der Waals surface area contributed by atoms with Crippen LogP contribution in [0.1, 0.15) is 27.1 Å². The van der Waals surface area contributed by atoms with Crippen molar-refractivity contribution >= 4 is 34.5 Å². The molecule has 6 nitrogen and oxygen atoms in total. The summed E-state index contributed by atoms with van der Waals surface area (Å²) >= 11 is 14.1. The molecule has 5 atom stereocenters. The third kappa shape index (κ3) is 3.90. The molecule has 1 aliphatic rings. The number of benzene rings is 1. The summed E-state index contributed by atoms with van der Waals surface area (Å²) < 4.78 is 5.60. The van der Waals surface area contributed by atoms with Crippen molar-refractivity contribution < 1.29 is 25.2 Å². The second kappa shape index (κ2) is 8.08. The smallest absolute Gasteiger partial charge is 0.113 e. The fourth-order valence-corrected chi connectivity index (χ4v) is 4.34. The van der Waals surface area contributed by atoms with Crippen molar-refractivity contribution in [2.75, 3.05) is 6.61 Å². The maximum atomic E-state index is 10.3. The summed E-state index contributed by atoms with van der Waals surface area (Å²) in [4.78, 5) is 5.40. The van der Waals surface area contributed by atoms with E-state index in [4.69, 9.17) is 27.9 Å². The summed E-state index contributed by atoms with van der Waals surface area (Å²) in [5.74, 6) is 0. The maximum Gasteiger partial charge on any atom is 0.113 e. The molecule has 0 bridgehead atoms. The number of rotatable bonds is 4. The molecule has 142 valence electrons. The Morgan fingerprint density at radius 2 is 1.85 bits per heavy atom. The number of halogens is 2. The number of hydrogen-bond acceptors (Lipinski definition) is 7. The van der Waals surface area contributed by atoms with Gasteiger partial charge in [-0.3, -0.25) is 0 Å². The van der Waals surface area contributed by atoms with Gasteiger partial charge in [-0.25, -0.2) is 4.98 Å². The summed E-state index contributed by atoms with van der Waals surface area (Å²) in [6, 6.07) is 3.25. The SMILES string of the molecule is Cc1cnc(Cc2cc([C@@H]3O[C@H](CO)[C@@H](O)[C@H](O)[C@H]3O)c(Cl)cc2Cl)s1. The molecule has 1 aromatic heterocycles. The number of aliphatic hydroxyl groups excluding tert-OH is 4. The molecule has 26 heavy (non-hydrogen) atoms. The topological polar surface area (TPSA) is 103 Å². The van der Waals surface area contributed by atoms with Crippen molar-refractivity contribution in [1.82, 2.24) is 4.98 Å². The van der Waals surface area contributed by atoms with Crippen molar-refractivity contribution in [2.24, 2.45) is 0 Å². The fraction of sp³-hybridized carbons (Fsp3) is 0.471. The Labute approximate surface area is 164 Å². The predicted octanol–water partition coefficient (Wildman–Crippen LogP) is 1.86. The molecule has 0 spiro atoms. The van der Waals surface area contributed by atoms with E-state index in [1.807, 2.05) is 6.92 Å². The third-order valence-corrected chi connectivity index (χ3v) is 5.97. The van der Waals surface area contributed by atoms with E-state index < -0.39 is 37.1 Å². The van der Waals surface area contributed by atoms with Crippen molar-refractivity contribution in [1.29, 1.82) is 0 Å². The van der Waals surface area contributed by atoms with Gasteiger partial charge in [-0.2, -0.15) is 0 Å². The van der Waals surface area contributed by atoms with E-state index in [1.165, 1.54) is 0 Å². The van der Waals surface area contributed by atoms with Gasteiger partial charge in [0.15, 0.2) is 0 Å². The van der Waals surface area contributed by atoms with Gasteiger partial charge in [-0.05, 0) is 24.6 Å². The molecule has 3 rings (SSSR count). The second-order valence-corrected chi connectivity index (χ2v) is 8.39. The van der Waals surface area contributed by atoms with Crippen LogP contribution >= 0.6 is 34.5 Å². The van der Waals surface area contributed by atoms with Gasteiger partial charge in [-0.1, -0.05) is 23.2 Å². The van der Waals surface area contributed by atoms with Crippen molar-refractivity contribution in [3.63, 3.8) is 0 Å². The van der Waals surface area contributed by atoms with E-state index in [-0.39, 0.29) is 5.02 Å². The van der Waals surface area contributed by atoms with Gasteiger partial charge in [0, 0.05) is 33.1 Å². The number of aromatic nitrogens is 1. The Balaban J connectivity index is 1.94. The zero-order valence-corrected chi connectivity index (χ0v) is 16.2. The van der Waals surface area contributed by atoms with E-state index in [0.717, 1.165) is 15.4 Å². The summed E-state index contributed by atoms with van der Waals surface area (Å²) in [7, 11) is 0. The number of ether oxygens (including phenoxy) is 1. The molecular weight excluding hydrogens is 401 g/mol. The highest BCUT2D eigenvalue weighted by Gasteiger charge is 2.44. The second-order valence-electron chi connectivity index (χ2n) is 6.26. The minimum atomic E-state index is -1.47. The van der Waals surface area contributed by atoms with Crippen LogP contribution in [0.4, 0.5) is 0 Å². The van der Waals surface area contributed by atoms with Crippen LogP contribution in [0.3, 0.4) is 0 Å². The minimum Gasteiger partial charge on any atom is -0.394 e. The summed E-state index contributed by atoms with van der Waals surface area (Å²) in [6.45, 7) is 1.46. The lowest BCUT2D eigenvalue weighted by atomic mass is 9.90. The van der Waals surface area contributed by atoms with E-state index in [0.29, 0.717) is 17.0 Å². The third-order valence-electron chi connectivity index (χ3n) is 4.38. The van der Waals surface area contributed by atoms with E-state index >= 15 is 0 Å². The van der Waals surface area contributed by atoms with Crippen LogP contribution in [-0.4, -0.2) is 56.4 Å². The molecule has 2 heterocycles. The van der Waals surface area contributed by atoms with Gasteiger partial charge < -0.3 is 25.2 Å². The van der Waals surface area contributed by atoms with Gasteiger partial charge in [0.2, 0.25) is 0 Å². The highest BCUT2D eigenvalue weighted by molar-refractivity contribution is 7.11. The minimum absolute atomic E-state index is 0.262. The highest BCUT2D eigenvalue weighted by atomic mass is 35.5. The molecule has 2 aromatic rings. The molecule has 1 aromatic carbocycles. The Kier molecular flexibility index (Phi) is 6.21. The van der Waals surface area contributed by atoms with Crippen LogP contribution in [0.2, 0.25) is 10.0 Å². The Morgan fingerprint density at radius 1 is 1.12 bits per heavy atom. The first-order valence-corrected chi connectivity index (χ1v) is 9.58. The zero-order valence-electron chi connectivity index (χ0n) is 13.8. The quantitative estimate of drug-likeness (QED) is 0.602.